The first-order chi connectivity index (χ1) is 10.1. The van der Waals surface area contributed by atoms with Gasteiger partial charge in [0.05, 0.1) is 5.60 Å². The number of hydrazine groups is 1. The number of halogens is 2. The molecule has 0 saturated carbocycles. The molecule has 21 heavy (non-hydrogen) atoms. The Morgan fingerprint density at radius 1 is 1.48 bits per heavy atom. The van der Waals surface area contributed by atoms with Gasteiger partial charge in [0.2, 0.25) is 0 Å². The normalized spacial score (nSPS) is 30.7. The van der Waals surface area contributed by atoms with Gasteiger partial charge in [0.25, 0.3) is 0 Å². The molecule has 116 valence electrons. The van der Waals surface area contributed by atoms with E-state index in [1.165, 1.54) is 5.75 Å². The fourth-order valence-electron chi connectivity index (χ4n) is 3.47. The molecule has 3 atom stereocenters. The molecule has 2 heterocycles. The van der Waals surface area contributed by atoms with Crippen molar-refractivity contribution in [3.63, 3.8) is 0 Å². The molecule has 2 aliphatic heterocycles. The molecule has 2 aliphatic rings. The van der Waals surface area contributed by atoms with Crippen molar-refractivity contribution < 1.29 is 4.74 Å². The van der Waals surface area contributed by atoms with E-state index in [2.05, 4.69) is 27.4 Å². The molecule has 1 aromatic rings. The number of benzene rings is 1. The van der Waals surface area contributed by atoms with Crippen molar-refractivity contribution in [2.45, 2.75) is 30.9 Å². The van der Waals surface area contributed by atoms with E-state index in [0.29, 0.717) is 5.92 Å². The number of nitrogens with two attached hydrogens (primary N) is 1. The van der Waals surface area contributed by atoms with Crippen molar-refractivity contribution >= 4 is 39.3 Å². The number of nitrogens with one attached hydrogen (secondary N) is 1. The minimum Gasteiger partial charge on any atom is -0.374 e. The van der Waals surface area contributed by atoms with E-state index in [1.807, 2.05) is 23.9 Å². The Balaban J connectivity index is 1.82. The Bertz CT molecular complexity index is 490. The molecule has 2 fully saturated rings. The van der Waals surface area contributed by atoms with E-state index in [4.69, 9.17) is 22.2 Å². The molecule has 0 amide bonds. The number of rotatable bonds is 3. The van der Waals surface area contributed by atoms with Crippen molar-refractivity contribution in [1.82, 2.24) is 5.43 Å². The van der Waals surface area contributed by atoms with Crippen molar-refractivity contribution in [1.29, 1.82) is 0 Å². The zero-order chi connectivity index (χ0) is 14.9. The SMILES string of the molecule is NNC(c1cc(Cl)cc(Br)c1)C1CCOC2(CCSC2)C1. The molecule has 0 bridgehead atoms. The van der Waals surface area contributed by atoms with Crippen molar-refractivity contribution in [2.24, 2.45) is 11.8 Å². The summed E-state index contributed by atoms with van der Waals surface area (Å²) in [4.78, 5) is 0. The number of hydrogen-bond acceptors (Lipinski definition) is 4. The quantitative estimate of drug-likeness (QED) is 0.606. The van der Waals surface area contributed by atoms with Crippen LogP contribution in [-0.4, -0.2) is 23.7 Å². The minimum atomic E-state index is 0.0679. The summed E-state index contributed by atoms with van der Waals surface area (Å²) >= 11 is 11.7. The molecule has 3 unspecified atom stereocenters. The standard InChI is InChI=1S/C15H20BrClN2OS/c16-12-5-11(6-13(17)7-12)14(19-18)10-1-3-20-15(8-10)2-4-21-9-15/h5-7,10,14,19H,1-4,8-9,18H2. The maximum Gasteiger partial charge on any atom is 0.0783 e. The smallest absolute Gasteiger partial charge is 0.0783 e. The van der Waals surface area contributed by atoms with Crippen LogP contribution in [0.2, 0.25) is 5.02 Å². The molecule has 3 N–H and O–H groups in total. The van der Waals surface area contributed by atoms with E-state index < -0.39 is 0 Å². The maximum atomic E-state index is 6.18. The fraction of sp³-hybridized carbons (Fsp3) is 0.600. The lowest BCUT2D eigenvalue weighted by molar-refractivity contribution is -0.0854. The van der Waals surface area contributed by atoms with Crippen LogP contribution in [0.5, 0.6) is 0 Å². The molecule has 0 radical (unpaired) electrons. The summed E-state index contributed by atoms with van der Waals surface area (Å²) in [5, 5.41) is 0.734. The molecule has 1 aromatic carbocycles. The van der Waals surface area contributed by atoms with E-state index >= 15 is 0 Å². The van der Waals surface area contributed by atoms with E-state index in [0.717, 1.165) is 46.7 Å². The first kappa shape index (κ1) is 16.1. The van der Waals surface area contributed by atoms with Gasteiger partial charge >= 0.3 is 0 Å². The predicted molar refractivity (Wildman–Crippen MR) is 92.6 cm³/mol. The van der Waals surface area contributed by atoms with Crippen molar-refractivity contribution in [3.8, 4) is 0 Å². The molecule has 3 nitrogen and oxygen atoms in total. The van der Waals surface area contributed by atoms with Crippen molar-refractivity contribution in [3.05, 3.63) is 33.3 Å². The lowest BCUT2D eigenvalue weighted by Crippen LogP contribution is -2.45. The van der Waals surface area contributed by atoms with E-state index in [9.17, 15) is 0 Å². The molecular formula is C15H20BrClN2OS. The third kappa shape index (κ3) is 3.59. The summed E-state index contributed by atoms with van der Waals surface area (Å²) < 4.78 is 7.10. The molecule has 3 rings (SSSR count). The zero-order valence-corrected chi connectivity index (χ0v) is 14.9. The van der Waals surface area contributed by atoms with Crippen molar-refractivity contribution in [2.75, 3.05) is 18.1 Å². The highest BCUT2D eigenvalue weighted by atomic mass is 79.9. The highest BCUT2D eigenvalue weighted by Crippen LogP contribution is 2.44. The Morgan fingerprint density at radius 2 is 2.33 bits per heavy atom. The second kappa shape index (κ2) is 6.77. The summed E-state index contributed by atoms with van der Waals surface area (Å²) in [6.07, 6.45) is 3.26. The fourth-order valence-corrected chi connectivity index (χ4v) is 5.74. The number of ether oxygens (including phenoxy) is 1. The van der Waals surface area contributed by atoms with Crippen LogP contribution in [0.25, 0.3) is 0 Å². The van der Waals surface area contributed by atoms with Crippen LogP contribution < -0.4 is 11.3 Å². The molecule has 6 heteroatoms. The van der Waals surface area contributed by atoms with Crippen LogP contribution in [0.1, 0.15) is 30.9 Å². The summed E-state index contributed by atoms with van der Waals surface area (Å²) in [5.74, 6) is 8.66. The molecule has 0 aromatic heterocycles. The minimum absolute atomic E-state index is 0.0679. The summed E-state index contributed by atoms with van der Waals surface area (Å²) in [6, 6.07) is 6.12. The third-order valence-corrected chi connectivity index (χ3v) is 6.39. The Hall–Kier alpha value is 0.220. The topological polar surface area (TPSA) is 47.3 Å². The summed E-state index contributed by atoms with van der Waals surface area (Å²) in [5.41, 5.74) is 4.22. The monoisotopic (exact) mass is 390 g/mol. The van der Waals surface area contributed by atoms with Gasteiger partial charge in [-0.05, 0) is 54.7 Å². The van der Waals surface area contributed by atoms with Gasteiger partial charge in [0.15, 0.2) is 0 Å². The van der Waals surface area contributed by atoms with Gasteiger partial charge in [-0.3, -0.25) is 11.3 Å². The largest absolute Gasteiger partial charge is 0.374 e. The molecule has 1 spiro atoms. The molecule has 2 saturated heterocycles. The zero-order valence-electron chi connectivity index (χ0n) is 11.8. The van der Waals surface area contributed by atoms with E-state index in [-0.39, 0.29) is 11.6 Å². The lowest BCUT2D eigenvalue weighted by atomic mass is 9.79. The highest BCUT2D eigenvalue weighted by molar-refractivity contribution is 9.10. The van der Waals surface area contributed by atoms with Gasteiger partial charge in [-0.2, -0.15) is 11.8 Å². The first-order valence-electron chi connectivity index (χ1n) is 7.26. The predicted octanol–water partition coefficient (Wildman–Crippen LogP) is 3.91. The van der Waals surface area contributed by atoms with Crippen LogP contribution in [0.3, 0.4) is 0 Å². The third-order valence-electron chi connectivity index (χ3n) is 4.49. The second-order valence-corrected chi connectivity index (χ2v) is 8.39. The van der Waals surface area contributed by atoms with Crippen LogP contribution in [0.15, 0.2) is 22.7 Å². The summed E-state index contributed by atoms with van der Waals surface area (Å²) in [7, 11) is 0. The van der Waals surface area contributed by atoms with Gasteiger partial charge in [-0.15, -0.1) is 0 Å². The number of hydrogen-bond donors (Lipinski definition) is 2. The van der Waals surface area contributed by atoms with Crippen LogP contribution in [0, 0.1) is 5.92 Å². The average Bonchev–Trinajstić information content (AvgIpc) is 2.86. The highest BCUT2D eigenvalue weighted by Gasteiger charge is 2.42. The van der Waals surface area contributed by atoms with Crippen LogP contribution in [-0.2, 0) is 4.74 Å². The van der Waals surface area contributed by atoms with Gasteiger partial charge in [0.1, 0.15) is 0 Å². The van der Waals surface area contributed by atoms with Gasteiger partial charge in [-0.25, -0.2) is 0 Å². The van der Waals surface area contributed by atoms with Gasteiger partial charge in [0, 0.05) is 27.9 Å². The Labute approximate surface area is 143 Å². The van der Waals surface area contributed by atoms with E-state index in [1.54, 1.807) is 0 Å². The lowest BCUT2D eigenvalue weighted by Gasteiger charge is -2.41. The van der Waals surface area contributed by atoms with Gasteiger partial charge in [-0.1, -0.05) is 27.5 Å². The van der Waals surface area contributed by atoms with Gasteiger partial charge < -0.3 is 4.74 Å². The average molecular weight is 392 g/mol. The molecular weight excluding hydrogens is 372 g/mol. The first-order valence-corrected chi connectivity index (χ1v) is 9.58. The molecule has 0 aliphatic carbocycles. The van der Waals surface area contributed by atoms with Crippen LogP contribution in [0.4, 0.5) is 0 Å². The van der Waals surface area contributed by atoms with Crippen LogP contribution >= 0.6 is 39.3 Å². The summed E-state index contributed by atoms with van der Waals surface area (Å²) in [6.45, 7) is 0.825. The Morgan fingerprint density at radius 3 is 3.00 bits per heavy atom. The number of thioether (sulfide) groups is 1. The Kier molecular flexibility index (Phi) is 5.19. The second-order valence-electron chi connectivity index (χ2n) is 5.93. The maximum absolute atomic E-state index is 6.18.